The van der Waals surface area contributed by atoms with Crippen molar-refractivity contribution in [2.45, 2.75) is 329 Å². The van der Waals surface area contributed by atoms with Gasteiger partial charge in [-0.15, -0.1) is 0 Å². The van der Waals surface area contributed by atoms with E-state index in [0.29, 0.717) is 32.1 Å². The standard InChI is InChI=1S/C87H144O17P2/c1-5-9-13-17-21-25-29-33-37-39-40-42-45-48-52-56-60-64-68-72-85(90)98-78-83(104-87(92)74-70-66-62-58-54-50-46-41-38-34-30-26-22-18-14-10-6-2)80-102-106(95,96)100-76-81(88)75-99-105(93,94)101-79-82(103-86(91)73-69-65-61-57-53-49-44-36-32-28-24-20-16-12-8-4)77-97-84(89)71-67-63-59-55-51-47-43-35-31-27-23-19-15-11-7-3/h10-11,14-15,21-28,33-38,40,42-44,46,50,58,62,81-83,88H,5-9,12-13,16-20,29-32,39,41,45,47-49,51-57,59-61,63-80H2,1-4H3,(H,93,94)(H,95,96)/b14-10-,15-11-,25-21-,26-22-,27-23-,28-24-,37-33-,38-34-,42-40-,43-35-,44-36-,50-46-,62-58-. The van der Waals surface area contributed by atoms with Crippen LogP contribution in [0.2, 0.25) is 0 Å². The third-order valence-electron chi connectivity index (χ3n) is 16.5. The fourth-order valence-electron chi connectivity index (χ4n) is 10.3. The van der Waals surface area contributed by atoms with Gasteiger partial charge in [-0.1, -0.05) is 276 Å². The van der Waals surface area contributed by atoms with Gasteiger partial charge in [-0.2, -0.15) is 0 Å². The molecule has 0 aromatic heterocycles. The van der Waals surface area contributed by atoms with E-state index in [2.05, 4.69) is 174 Å². The summed E-state index contributed by atoms with van der Waals surface area (Å²) in [5.41, 5.74) is 0. The van der Waals surface area contributed by atoms with Crippen LogP contribution in [0.5, 0.6) is 0 Å². The van der Waals surface area contributed by atoms with Crippen LogP contribution in [0.15, 0.2) is 158 Å². The Balaban J connectivity index is 5.46. The van der Waals surface area contributed by atoms with Crippen LogP contribution in [0.25, 0.3) is 0 Å². The Hall–Kier alpha value is -5.32. The maximum absolute atomic E-state index is 13.1. The molecule has 5 unspecified atom stereocenters. The first kappa shape index (κ1) is 101. The molecule has 0 aromatic carbocycles. The predicted molar refractivity (Wildman–Crippen MR) is 436 cm³/mol. The number of allylic oxidation sites excluding steroid dienone is 26. The Kier molecular flexibility index (Phi) is 73.9. The number of esters is 4. The molecule has 0 fully saturated rings. The second-order valence-electron chi connectivity index (χ2n) is 26.6. The first-order chi connectivity index (χ1) is 51.7. The summed E-state index contributed by atoms with van der Waals surface area (Å²) in [5, 5.41) is 10.7. The van der Waals surface area contributed by atoms with Crippen LogP contribution in [-0.4, -0.2) is 96.7 Å². The Morgan fingerprint density at radius 2 is 0.500 bits per heavy atom. The van der Waals surface area contributed by atoms with Crippen molar-refractivity contribution in [2.24, 2.45) is 0 Å². The van der Waals surface area contributed by atoms with Gasteiger partial charge >= 0.3 is 39.5 Å². The van der Waals surface area contributed by atoms with E-state index in [0.717, 1.165) is 186 Å². The molecule has 0 rings (SSSR count). The molecular formula is C87H144O17P2. The van der Waals surface area contributed by atoms with Crippen LogP contribution in [-0.2, 0) is 65.4 Å². The molecule has 17 nitrogen and oxygen atoms in total. The Morgan fingerprint density at radius 3 is 0.792 bits per heavy atom. The minimum atomic E-state index is -5.01. The molecule has 0 amide bonds. The van der Waals surface area contributed by atoms with Gasteiger partial charge in [0, 0.05) is 25.7 Å². The number of rotatable bonds is 75. The third kappa shape index (κ3) is 76.9. The largest absolute Gasteiger partial charge is 0.472 e. The zero-order chi connectivity index (χ0) is 77.4. The van der Waals surface area contributed by atoms with Crippen LogP contribution in [0.1, 0.15) is 310 Å². The normalized spacial score (nSPS) is 14.7. The zero-order valence-corrected chi connectivity index (χ0v) is 67.8. The summed E-state index contributed by atoms with van der Waals surface area (Å²) >= 11 is 0. The lowest BCUT2D eigenvalue weighted by molar-refractivity contribution is -0.161. The lowest BCUT2D eigenvalue weighted by atomic mass is 10.1. The van der Waals surface area contributed by atoms with Crippen molar-refractivity contribution in [2.75, 3.05) is 39.6 Å². The van der Waals surface area contributed by atoms with Gasteiger partial charge in [0.1, 0.15) is 19.3 Å². The number of unbranched alkanes of at least 4 members (excludes halogenated alkanes) is 23. The molecule has 106 heavy (non-hydrogen) atoms. The molecule has 0 radical (unpaired) electrons. The zero-order valence-electron chi connectivity index (χ0n) is 66.1. The average Bonchev–Trinajstić information content (AvgIpc) is 0.907. The van der Waals surface area contributed by atoms with Gasteiger partial charge in [0.15, 0.2) is 12.2 Å². The number of aliphatic hydroxyl groups is 1. The van der Waals surface area contributed by atoms with Crippen LogP contribution in [0.4, 0.5) is 0 Å². The Bertz CT molecular complexity index is 2630. The van der Waals surface area contributed by atoms with Crippen molar-refractivity contribution < 1.29 is 80.2 Å². The van der Waals surface area contributed by atoms with E-state index in [-0.39, 0.29) is 25.7 Å². The van der Waals surface area contributed by atoms with Crippen molar-refractivity contribution in [3.05, 3.63) is 158 Å². The maximum Gasteiger partial charge on any atom is 0.472 e. The fraction of sp³-hybridized carbons (Fsp3) is 0.655. The van der Waals surface area contributed by atoms with E-state index in [1.54, 1.807) is 0 Å². The predicted octanol–water partition coefficient (Wildman–Crippen LogP) is 24.0. The molecule has 19 heteroatoms. The quantitative estimate of drug-likeness (QED) is 0.0169. The highest BCUT2D eigenvalue weighted by Gasteiger charge is 2.30. The summed E-state index contributed by atoms with van der Waals surface area (Å²) in [6.07, 6.45) is 90.8. The van der Waals surface area contributed by atoms with E-state index in [1.807, 2.05) is 12.2 Å². The molecule has 3 N–H and O–H groups in total. The summed E-state index contributed by atoms with van der Waals surface area (Å²) in [4.78, 5) is 73.1. The first-order valence-electron chi connectivity index (χ1n) is 40.7. The van der Waals surface area contributed by atoms with Crippen LogP contribution in [0, 0.1) is 0 Å². The second-order valence-corrected chi connectivity index (χ2v) is 29.5. The number of aliphatic hydroxyl groups excluding tert-OH is 1. The third-order valence-corrected chi connectivity index (χ3v) is 18.4. The van der Waals surface area contributed by atoms with Gasteiger partial charge in [0.05, 0.1) is 26.4 Å². The van der Waals surface area contributed by atoms with Crippen molar-refractivity contribution in [1.29, 1.82) is 0 Å². The summed E-state index contributed by atoms with van der Waals surface area (Å²) in [6, 6.07) is 0. The summed E-state index contributed by atoms with van der Waals surface area (Å²) in [7, 11) is -10.0. The van der Waals surface area contributed by atoms with Crippen LogP contribution < -0.4 is 0 Å². The number of hydrogen-bond acceptors (Lipinski definition) is 15. The van der Waals surface area contributed by atoms with Crippen molar-refractivity contribution in [3.8, 4) is 0 Å². The van der Waals surface area contributed by atoms with Crippen LogP contribution in [0.3, 0.4) is 0 Å². The number of phosphoric acid groups is 2. The van der Waals surface area contributed by atoms with E-state index in [9.17, 15) is 43.2 Å². The molecule has 0 spiro atoms. The number of phosphoric ester groups is 2. The Morgan fingerprint density at radius 1 is 0.274 bits per heavy atom. The molecule has 0 heterocycles. The van der Waals surface area contributed by atoms with Crippen molar-refractivity contribution >= 4 is 39.5 Å². The number of hydrogen-bond donors (Lipinski definition) is 3. The molecule has 0 saturated carbocycles. The topological polar surface area (TPSA) is 237 Å². The number of ether oxygens (including phenoxy) is 4. The molecular weight excluding hydrogens is 1380 g/mol. The fourth-order valence-corrected chi connectivity index (χ4v) is 11.9. The van der Waals surface area contributed by atoms with Gasteiger partial charge in [0.2, 0.25) is 0 Å². The van der Waals surface area contributed by atoms with Gasteiger partial charge in [0.25, 0.3) is 0 Å². The molecule has 0 bridgehead atoms. The SMILES string of the molecule is CC/C=C\C/C=C\C/C=C\C/C=C\C/C=C\CCCC(=O)OC(COC(=O)CCCCCCCC/C=C\C/C=C\C/C=C\CCCCC)COP(=O)(O)OCC(O)COP(=O)(O)OCC(COC(=O)CCCCCCC/C=C\C/C=C\C/C=C\CC)OC(=O)CCCCCCC/C=C\C/C=C\CCCCC. The van der Waals surface area contributed by atoms with Crippen LogP contribution >= 0.6 is 15.6 Å². The van der Waals surface area contributed by atoms with E-state index >= 15 is 0 Å². The highest BCUT2D eigenvalue weighted by Crippen LogP contribution is 2.45. The van der Waals surface area contributed by atoms with Crippen molar-refractivity contribution in [3.63, 3.8) is 0 Å². The highest BCUT2D eigenvalue weighted by molar-refractivity contribution is 7.47. The molecule has 0 saturated heterocycles. The lowest BCUT2D eigenvalue weighted by Crippen LogP contribution is -2.30. The summed E-state index contributed by atoms with van der Waals surface area (Å²) < 4.78 is 68.6. The first-order valence-corrected chi connectivity index (χ1v) is 43.7. The van der Waals surface area contributed by atoms with Gasteiger partial charge in [-0.25, -0.2) is 9.13 Å². The second kappa shape index (κ2) is 77.8. The molecule has 0 aliphatic carbocycles. The molecule has 5 atom stereocenters. The minimum absolute atomic E-state index is 0.00814. The summed E-state index contributed by atoms with van der Waals surface area (Å²) in [6.45, 7) is 4.48. The number of carbonyl (C=O) groups is 4. The maximum atomic E-state index is 13.1. The van der Waals surface area contributed by atoms with E-state index in [1.165, 1.54) is 38.5 Å². The van der Waals surface area contributed by atoms with E-state index in [4.69, 9.17) is 37.0 Å². The van der Waals surface area contributed by atoms with Gasteiger partial charge in [-0.3, -0.25) is 37.3 Å². The minimum Gasteiger partial charge on any atom is -0.462 e. The smallest absolute Gasteiger partial charge is 0.462 e. The molecule has 0 aliphatic rings. The van der Waals surface area contributed by atoms with Gasteiger partial charge in [-0.05, 0) is 167 Å². The van der Waals surface area contributed by atoms with E-state index < -0.39 is 97.5 Å². The molecule has 604 valence electrons. The lowest BCUT2D eigenvalue weighted by Gasteiger charge is -2.21. The van der Waals surface area contributed by atoms with Crippen molar-refractivity contribution in [1.82, 2.24) is 0 Å². The highest BCUT2D eigenvalue weighted by atomic mass is 31.2. The summed E-state index contributed by atoms with van der Waals surface area (Å²) in [5.74, 6) is -2.30. The molecule has 0 aromatic rings. The Labute approximate surface area is 642 Å². The number of carbonyl (C=O) groups excluding carboxylic acids is 4. The monoisotopic (exact) mass is 1520 g/mol. The molecule has 0 aliphatic heterocycles. The average molecular weight is 1520 g/mol. The van der Waals surface area contributed by atoms with Gasteiger partial charge < -0.3 is 33.8 Å².